The lowest BCUT2D eigenvalue weighted by atomic mass is 10.2. The lowest BCUT2D eigenvalue weighted by Gasteiger charge is -2.08. The Morgan fingerprint density at radius 2 is 2.00 bits per heavy atom. The summed E-state index contributed by atoms with van der Waals surface area (Å²) < 4.78 is 5.10. The lowest BCUT2D eigenvalue weighted by molar-refractivity contribution is -0.111. The average Bonchev–Trinajstić information content (AvgIpc) is 2.62. The lowest BCUT2D eigenvalue weighted by Crippen LogP contribution is -2.08. The fourth-order valence-corrected chi connectivity index (χ4v) is 2.83. The molecule has 1 amide bonds. The summed E-state index contributed by atoms with van der Waals surface area (Å²) >= 11 is 1.56. The molecule has 0 aliphatic heterocycles. The second kappa shape index (κ2) is 9.43. The van der Waals surface area contributed by atoms with Gasteiger partial charge in [-0.1, -0.05) is 24.3 Å². The summed E-state index contributed by atoms with van der Waals surface area (Å²) in [6.45, 7) is 0. The van der Waals surface area contributed by atoms with Crippen LogP contribution in [0.5, 0.6) is 5.75 Å². The van der Waals surface area contributed by atoms with Gasteiger partial charge in [0, 0.05) is 23.1 Å². The van der Waals surface area contributed by atoms with Gasteiger partial charge in [-0.15, -0.1) is 11.8 Å². The van der Waals surface area contributed by atoms with Crippen LogP contribution in [0.1, 0.15) is 12.0 Å². The van der Waals surface area contributed by atoms with Crippen molar-refractivity contribution < 1.29 is 9.53 Å². The maximum atomic E-state index is 12.1. The summed E-state index contributed by atoms with van der Waals surface area (Å²) in [5, 5.41) is 11.5. The van der Waals surface area contributed by atoms with Crippen LogP contribution in [-0.2, 0) is 4.79 Å². The van der Waals surface area contributed by atoms with Gasteiger partial charge in [0.05, 0.1) is 18.9 Å². The van der Waals surface area contributed by atoms with E-state index in [0.29, 0.717) is 12.2 Å². The Labute approximate surface area is 146 Å². The second-order valence-electron chi connectivity index (χ2n) is 4.85. The number of benzene rings is 2. The number of nitrogens with one attached hydrogen (secondary N) is 1. The van der Waals surface area contributed by atoms with Crippen LogP contribution < -0.4 is 10.1 Å². The van der Waals surface area contributed by atoms with Crippen LogP contribution in [0.3, 0.4) is 0 Å². The third kappa shape index (κ3) is 5.49. The molecule has 0 atom stereocenters. The quantitative estimate of drug-likeness (QED) is 0.463. The molecule has 1 N–H and O–H groups in total. The van der Waals surface area contributed by atoms with Crippen molar-refractivity contribution in [3.63, 3.8) is 0 Å². The molecule has 2 aromatic rings. The number of carbonyl (C=O) groups is 1. The number of carbonyl (C=O) groups excluding carboxylic acids is 1. The predicted molar refractivity (Wildman–Crippen MR) is 98.1 cm³/mol. The van der Waals surface area contributed by atoms with E-state index in [4.69, 9.17) is 10.00 Å². The first-order valence-corrected chi connectivity index (χ1v) is 8.43. The molecule has 0 spiro atoms. The number of nitrogens with zero attached hydrogens (tertiary/aromatic N) is 1. The number of ether oxygens (including phenoxy) is 1. The number of thioether (sulfide) groups is 1. The molecule has 24 heavy (non-hydrogen) atoms. The maximum absolute atomic E-state index is 12.1. The Kier molecular flexibility index (Phi) is 6.93. The van der Waals surface area contributed by atoms with Gasteiger partial charge in [0.25, 0.3) is 0 Å². The molecule has 0 saturated heterocycles. The molecular weight excluding hydrogens is 320 g/mol. The number of para-hydroxylation sites is 1. The zero-order valence-corrected chi connectivity index (χ0v) is 14.2. The molecule has 0 aromatic heterocycles. The van der Waals surface area contributed by atoms with Crippen LogP contribution in [0.25, 0.3) is 6.08 Å². The van der Waals surface area contributed by atoms with Gasteiger partial charge >= 0.3 is 0 Å². The van der Waals surface area contributed by atoms with E-state index >= 15 is 0 Å². The van der Waals surface area contributed by atoms with Crippen molar-refractivity contribution in [3.05, 3.63) is 60.2 Å². The van der Waals surface area contributed by atoms with Crippen LogP contribution >= 0.6 is 11.8 Å². The molecule has 2 aromatic carbocycles. The van der Waals surface area contributed by atoms with Crippen LogP contribution in [0.2, 0.25) is 0 Å². The van der Waals surface area contributed by atoms with Crippen LogP contribution in [0, 0.1) is 11.3 Å². The first-order valence-electron chi connectivity index (χ1n) is 7.45. The van der Waals surface area contributed by atoms with E-state index < -0.39 is 0 Å². The first-order chi connectivity index (χ1) is 11.7. The second-order valence-corrected chi connectivity index (χ2v) is 5.99. The Morgan fingerprint density at radius 1 is 1.25 bits per heavy atom. The SMILES string of the molecule is COc1ccc(C=CC(=O)Nc2ccccc2SCCC#N)cc1. The highest BCUT2D eigenvalue weighted by Crippen LogP contribution is 2.27. The van der Waals surface area contributed by atoms with Crippen molar-refractivity contribution >= 4 is 29.4 Å². The minimum Gasteiger partial charge on any atom is -0.497 e. The summed E-state index contributed by atoms with van der Waals surface area (Å²) in [5.74, 6) is 1.28. The van der Waals surface area contributed by atoms with Gasteiger partial charge in [-0.25, -0.2) is 0 Å². The summed E-state index contributed by atoms with van der Waals surface area (Å²) in [5.41, 5.74) is 1.67. The number of methoxy groups -OCH3 is 1. The molecule has 4 nitrogen and oxygen atoms in total. The van der Waals surface area contributed by atoms with Gasteiger partial charge in [-0.3, -0.25) is 4.79 Å². The molecule has 2 rings (SSSR count). The van der Waals surface area contributed by atoms with E-state index in [0.717, 1.165) is 21.9 Å². The first kappa shape index (κ1) is 17.6. The Bertz CT molecular complexity index is 749. The summed E-state index contributed by atoms with van der Waals surface area (Å²) in [7, 11) is 1.62. The van der Waals surface area contributed by atoms with Gasteiger partial charge in [-0.2, -0.15) is 5.26 Å². The van der Waals surface area contributed by atoms with Gasteiger partial charge in [0.1, 0.15) is 5.75 Å². The minimum atomic E-state index is -0.195. The van der Waals surface area contributed by atoms with Crippen molar-refractivity contribution in [3.8, 4) is 11.8 Å². The van der Waals surface area contributed by atoms with Crippen molar-refractivity contribution in [1.29, 1.82) is 5.26 Å². The van der Waals surface area contributed by atoms with Crippen molar-refractivity contribution in [2.45, 2.75) is 11.3 Å². The largest absolute Gasteiger partial charge is 0.497 e. The normalized spacial score (nSPS) is 10.3. The molecule has 0 radical (unpaired) electrons. The van der Waals surface area contributed by atoms with Gasteiger partial charge in [-0.05, 0) is 35.9 Å². The molecule has 0 aliphatic carbocycles. The molecule has 0 saturated carbocycles. The van der Waals surface area contributed by atoms with E-state index in [-0.39, 0.29) is 5.91 Å². The Balaban J connectivity index is 1.98. The molecule has 0 bridgehead atoms. The summed E-state index contributed by atoms with van der Waals surface area (Å²) in [6, 6.07) is 17.2. The smallest absolute Gasteiger partial charge is 0.248 e. The standard InChI is InChI=1S/C19H18N2O2S/c1-23-16-10-7-15(8-11-16)9-12-19(22)21-17-5-2-3-6-18(17)24-14-4-13-20/h2-3,5-12H,4,14H2,1H3,(H,21,22). The molecule has 5 heteroatoms. The zero-order chi connectivity index (χ0) is 17.2. The molecule has 0 unspecified atom stereocenters. The van der Waals surface area contributed by atoms with Crippen LogP contribution in [0.15, 0.2) is 59.5 Å². The number of hydrogen-bond acceptors (Lipinski definition) is 4. The van der Waals surface area contributed by atoms with E-state index in [1.165, 1.54) is 6.08 Å². The summed E-state index contributed by atoms with van der Waals surface area (Å²) in [4.78, 5) is 13.1. The third-order valence-electron chi connectivity index (χ3n) is 3.16. The topological polar surface area (TPSA) is 62.1 Å². The van der Waals surface area contributed by atoms with Gasteiger partial charge < -0.3 is 10.1 Å². The molecular formula is C19H18N2O2S. The zero-order valence-electron chi connectivity index (χ0n) is 13.4. The molecule has 122 valence electrons. The van der Waals surface area contributed by atoms with E-state index in [1.54, 1.807) is 24.9 Å². The van der Waals surface area contributed by atoms with Gasteiger partial charge in [0.15, 0.2) is 0 Å². The third-order valence-corrected chi connectivity index (χ3v) is 4.23. The van der Waals surface area contributed by atoms with Crippen molar-refractivity contribution in [1.82, 2.24) is 0 Å². The fraction of sp³-hybridized carbons (Fsp3) is 0.158. The minimum absolute atomic E-state index is 0.195. The van der Waals surface area contributed by atoms with Gasteiger partial charge in [0.2, 0.25) is 5.91 Å². The fourth-order valence-electron chi connectivity index (χ4n) is 1.96. The highest BCUT2D eigenvalue weighted by molar-refractivity contribution is 7.99. The molecule has 0 aliphatic rings. The Hall–Kier alpha value is -2.71. The number of nitriles is 1. The van der Waals surface area contributed by atoms with Crippen LogP contribution in [0.4, 0.5) is 5.69 Å². The monoisotopic (exact) mass is 338 g/mol. The van der Waals surface area contributed by atoms with E-state index in [9.17, 15) is 4.79 Å². The van der Waals surface area contributed by atoms with Crippen molar-refractivity contribution in [2.75, 3.05) is 18.2 Å². The van der Waals surface area contributed by atoms with E-state index in [1.807, 2.05) is 48.5 Å². The number of hydrogen-bond donors (Lipinski definition) is 1. The predicted octanol–water partition coefficient (Wildman–Crippen LogP) is 4.35. The highest BCUT2D eigenvalue weighted by atomic mass is 32.2. The van der Waals surface area contributed by atoms with Crippen LogP contribution in [-0.4, -0.2) is 18.8 Å². The number of rotatable bonds is 7. The number of amides is 1. The maximum Gasteiger partial charge on any atom is 0.248 e. The Morgan fingerprint density at radius 3 is 2.71 bits per heavy atom. The molecule has 0 fully saturated rings. The van der Waals surface area contributed by atoms with E-state index in [2.05, 4.69) is 11.4 Å². The summed E-state index contributed by atoms with van der Waals surface area (Å²) in [6.07, 6.45) is 3.73. The van der Waals surface area contributed by atoms with Crippen molar-refractivity contribution in [2.24, 2.45) is 0 Å². The average molecular weight is 338 g/mol. The number of anilines is 1. The highest BCUT2D eigenvalue weighted by Gasteiger charge is 2.04. The molecule has 0 heterocycles.